The monoisotopic (exact) mass is 237 g/mol. The highest BCUT2D eigenvalue weighted by atomic mass is 16.4. The van der Waals surface area contributed by atoms with Crippen LogP contribution in [-0.2, 0) is 9.59 Å². The normalized spacial score (nSPS) is 11.9. The lowest BCUT2D eigenvalue weighted by Crippen LogP contribution is -2.16. The largest absolute Gasteiger partial charge is 0.481 e. The first kappa shape index (κ1) is 13.0. The van der Waals surface area contributed by atoms with E-state index in [1.807, 2.05) is 19.0 Å². The number of anilines is 1. The fraction of sp³-hybridized carbons (Fsp3) is 0.333. The molecule has 2 N–H and O–H groups in total. The lowest BCUT2D eigenvalue weighted by molar-refractivity contribution is -0.145. The van der Waals surface area contributed by atoms with E-state index in [0.29, 0.717) is 5.56 Å². The number of hydrogen-bond donors (Lipinski definition) is 2. The van der Waals surface area contributed by atoms with Gasteiger partial charge in [0.15, 0.2) is 0 Å². The predicted molar refractivity (Wildman–Crippen MR) is 63.4 cm³/mol. The van der Waals surface area contributed by atoms with Crippen molar-refractivity contribution < 1.29 is 19.8 Å². The number of rotatable bonds is 5. The molecule has 1 atom stereocenters. The molecule has 0 fully saturated rings. The summed E-state index contributed by atoms with van der Waals surface area (Å²) in [5.74, 6) is -3.23. The van der Waals surface area contributed by atoms with Crippen LogP contribution in [0, 0.1) is 0 Å². The summed E-state index contributed by atoms with van der Waals surface area (Å²) in [6.07, 6.45) is -0.406. The van der Waals surface area contributed by atoms with Gasteiger partial charge in [-0.15, -0.1) is 0 Å². The average molecular weight is 237 g/mol. The molecule has 5 heteroatoms. The predicted octanol–water partition coefficient (Wildman–Crippen LogP) is 1.40. The van der Waals surface area contributed by atoms with Crippen LogP contribution in [0.2, 0.25) is 0 Å². The molecule has 5 nitrogen and oxygen atoms in total. The number of hydrogen-bond acceptors (Lipinski definition) is 3. The number of benzene rings is 1. The molecule has 1 rings (SSSR count). The Balaban J connectivity index is 2.95. The van der Waals surface area contributed by atoms with Crippen molar-refractivity contribution in [1.29, 1.82) is 0 Å². The Hall–Kier alpha value is -2.04. The van der Waals surface area contributed by atoms with E-state index in [-0.39, 0.29) is 0 Å². The van der Waals surface area contributed by atoms with E-state index in [1.54, 1.807) is 24.3 Å². The van der Waals surface area contributed by atoms with Crippen molar-refractivity contribution in [3.8, 4) is 0 Å². The molecular formula is C12H15NO4. The molecule has 0 aliphatic carbocycles. The maximum Gasteiger partial charge on any atom is 0.311 e. The van der Waals surface area contributed by atoms with E-state index in [0.717, 1.165) is 5.69 Å². The molecule has 0 heterocycles. The summed E-state index contributed by atoms with van der Waals surface area (Å²) in [4.78, 5) is 23.5. The van der Waals surface area contributed by atoms with Gasteiger partial charge in [0.25, 0.3) is 0 Å². The van der Waals surface area contributed by atoms with Crippen molar-refractivity contribution in [2.45, 2.75) is 12.3 Å². The second-order valence-corrected chi connectivity index (χ2v) is 3.97. The summed E-state index contributed by atoms with van der Waals surface area (Å²) < 4.78 is 0. The molecule has 0 saturated carbocycles. The molecule has 0 unspecified atom stereocenters. The lowest BCUT2D eigenvalue weighted by Gasteiger charge is -2.15. The number of carboxylic acids is 2. The molecule has 1 aromatic rings. The minimum Gasteiger partial charge on any atom is -0.481 e. The topological polar surface area (TPSA) is 77.8 Å². The van der Waals surface area contributed by atoms with E-state index >= 15 is 0 Å². The van der Waals surface area contributed by atoms with Gasteiger partial charge in [0, 0.05) is 19.8 Å². The fourth-order valence-corrected chi connectivity index (χ4v) is 1.53. The molecular weight excluding hydrogens is 222 g/mol. The molecule has 0 aliphatic heterocycles. The van der Waals surface area contributed by atoms with Crippen LogP contribution < -0.4 is 4.90 Å². The summed E-state index contributed by atoms with van der Waals surface area (Å²) in [6, 6.07) is 6.84. The van der Waals surface area contributed by atoms with Crippen molar-refractivity contribution in [3.05, 3.63) is 29.8 Å². The summed E-state index contributed by atoms with van der Waals surface area (Å²) >= 11 is 0. The lowest BCUT2D eigenvalue weighted by atomic mass is 9.96. The third kappa shape index (κ3) is 3.48. The Labute approximate surface area is 99.3 Å². The van der Waals surface area contributed by atoms with Crippen LogP contribution in [0.3, 0.4) is 0 Å². The summed E-state index contributed by atoms with van der Waals surface area (Å²) in [7, 11) is 3.75. The van der Waals surface area contributed by atoms with Gasteiger partial charge >= 0.3 is 11.9 Å². The molecule has 0 bridgehead atoms. The zero-order valence-electron chi connectivity index (χ0n) is 9.75. The maximum atomic E-state index is 11.0. The van der Waals surface area contributed by atoms with E-state index < -0.39 is 24.3 Å². The Morgan fingerprint density at radius 1 is 1.18 bits per heavy atom. The smallest absolute Gasteiger partial charge is 0.311 e. The van der Waals surface area contributed by atoms with E-state index in [1.165, 1.54) is 0 Å². The number of carbonyl (C=O) groups is 2. The molecule has 0 radical (unpaired) electrons. The first-order valence-corrected chi connectivity index (χ1v) is 5.13. The van der Waals surface area contributed by atoms with Crippen LogP contribution in [0.5, 0.6) is 0 Å². The van der Waals surface area contributed by atoms with Gasteiger partial charge in [-0.1, -0.05) is 12.1 Å². The van der Waals surface area contributed by atoms with Gasteiger partial charge in [0.1, 0.15) is 0 Å². The van der Waals surface area contributed by atoms with Crippen molar-refractivity contribution in [1.82, 2.24) is 0 Å². The van der Waals surface area contributed by atoms with Crippen LogP contribution in [0.25, 0.3) is 0 Å². The summed E-state index contributed by atoms with van der Waals surface area (Å²) in [5.41, 5.74) is 1.44. The first-order chi connectivity index (χ1) is 7.91. The van der Waals surface area contributed by atoms with Crippen LogP contribution in [-0.4, -0.2) is 36.2 Å². The number of aliphatic carboxylic acids is 2. The maximum absolute atomic E-state index is 11.0. The van der Waals surface area contributed by atoms with Gasteiger partial charge < -0.3 is 15.1 Å². The molecule has 92 valence electrons. The molecule has 0 amide bonds. The SMILES string of the molecule is CN(C)c1ccc([C@H](CC(=O)O)C(=O)O)cc1. The van der Waals surface area contributed by atoms with Gasteiger partial charge in [0.05, 0.1) is 12.3 Å². The highest BCUT2D eigenvalue weighted by molar-refractivity contribution is 5.82. The van der Waals surface area contributed by atoms with Crippen LogP contribution in [0.1, 0.15) is 17.9 Å². The van der Waals surface area contributed by atoms with E-state index in [4.69, 9.17) is 10.2 Å². The van der Waals surface area contributed by atoms with Gasteiger partial charge in [-0.05, 0) is 17.7 Å². The standard InChI is InChI=1S/C12H15NO4/c1-13(2)9-5-3-8(4-6-9)10(12(16)17)7-11(14)15/h3-6,10H,7H2,1-2H3,(H,14,15)(H,16,17)/t10-/m0/s1. The van der Waals surface area contributed by atoms with Gasteiger partial charge in [-0.3, -0.25) is 9.59 Å². The zero-order valence-corrected chi connectivity index (χ0v) is 9.75. The van der Waals surface area contributed by atoms with E-state index in [9.17, 15) is 9.59 Å². The molecule has 0 spiro atoms. The van der Waals surface area contributed by atoms with Crippen LogP contribution in [0.4, 0.5) is 5.69 Å². The minimum atomic E-state index is -1.12. The molecule has 17 heavy (non-hydrogen) atoms. The third-order valence-electron chi connectivity index (χ3n) is 2.49. The van der Waals surface area contributed by atoms with Crippen molar-refractivity contribution in [3.63, 3.8) is 0 Å². The van der Waals surface area contributed by atoms with Crippen molar-refractivity contribution >= 4 is 17.6 Å². The fourth-order valence-electron chi connectivity index (χ4n) is 1.53. The van der Waals surface area contributed by atoms with Crippen LogP contribution in [0.15, 0.2) is 24.3 Å². The average Bonchev–Trinajstić information content (AvgIpc) is 2.25. The Bertz CT molecular complexity index is 411. The second kappa shape index (κ2) is 5.34. The van der Waals surface area contributed by atoms with Crippen molar-refractivity contribution in [2.75, 3.05) is 19.0 Å². The quantitative estimate of drug-likeness (QED) is 0.809. The van der Waals surface area contributed by atoms with E-state index in [2.05, 4.69) is 0 Å². The number of nitrogens with zero attached hydrogens (tertiary/aromatic N) is 1. The number of carboxylic acid groups (broad SMARTS) is 2. The van der Waals surface area contributed by atoms with Gasteiger partial charge in [-0.25, -0.2) is 0 Å². The summed E-state index contributed by atoms with van der Waals surface area (Å²) in [5, 5.41) is 17.6. The Kier molecular flexibility index (Phi) is 4.09. The zero-order chi connectivity index (χ0) is 13.0. The Morgan fingerprint density at radius 2 is 1.71 bits per heavy atom. The van der Waals surface area contributed by atoms with Crippen LogP contribution >= 0.6 is 0 Å². The second-order valence-electron chi connectivity index (χ2n) is 3.97. The third-order valence-corrected chi connectivity index (χ3v) is 2.49. The highest BCUT2D eigenvalue weighted by Gasteiger charge is 2.22. The molecule has 0 aliphatic rings. The molecule has 0 saturated heterocycles. The Morgan fingerprint density at radius 3 is 2.06 bits per heavy atom. The highest BCUT2D eigenvalue weighted by Crippen LogP contribution is 2.22. The minimum absolute atomic E-state index is 0.406. The molecule has 1 aromatic carbocycles. The van der Waals surface area contributed by atoms with Crippen molar-refractivity contribution in [2.24, 2.45) is 0 Å². The first-order valence-electron chi connectivity index (χ1n) is 5.13. The van der Waals surface area contributed by atoms with Gasteiger partial charge in [-0.2, -0.15) is 0 Å². The van der Waals surface area contributed by atoms with Gasteiger partial charge in [0.2, 0.25) is 0 Å². The molecule has 0 aromatic heterocycles. The summed E-state index contributed by atoms with van der Waals surface area (Å²) in [6.45, 7) is 0.